The normalized spacial score (nSPS) is 11.2. The third-order valence-corrected chi connectivity index (χ3v) is 3.36. The summed E-state index contributed by atoms with van der Waals surface area (Å²) in [6.45, 7) is 0. The monoisotopic (exact) mass is 277 g/mol. The fraction of sp³-hybridized carbons (Fsp3) is 0.0556. The summed E-state index contributed by atoms with van der Waals surface area (Å²) in [4.78, 5) is 13.9. The van der Waals surface area contributed by atoms with E-state index in [1.807, 2.05) is 36.4 Å². The molecule has 1 aromatic heterocycles. The molecule has 1 heterocycles. The molecule has 21 heavy (non-hydrogen) atoms. The number of aromatic nitrogens is 1. The first-order valence-corrected chi connectivity index (χ1v) is 6.77. The first-order chi connectivity index (χ1) is 10.2. The van der Waals surface area contributed by atoms with Gasteiger partial charge in [0.1, 0.15) is 0 Å². The number of aromatic amines is 1. The predicted octanol–water partition coefficient (Wildman–Crippen LogP) is 3.86. The van der Waals surface area contributed by atoms with Gasteiger partial charge in [-0.25, -0.2) is 4.79 Å². The van der Waals surface area contributed by atoms with Gasteiger partial charge in [0.25, 0.3) is 0 Å². The van der Waals surface area contributed by atoms with Crippen LogP contribution in [0.1, 0.15) is 16.8 Å². The van der Waals surface area contributed by atoms with Crippen LogP contribution in [0.2, 0.25) is 0 Å². The maximum Gasteiger partial charge on any atom is 0.328 e. The van der Waals surface area contributed by atoms with Crippen molar-refractivity contribution in [1.82, 2.24) is 4.98 Å². The molecule has 0 atom stereocenters. The SMILES string of the molecule is O=C(O)C=Cc1ccc2cc(Cc3ccccc3)[nH]c2c1. The molecule has 0 aliphatic rings. The average molecular weight is 277 g/mol. The van der Waals surface area contributed by atoms with Crippen molar-refractivity contribution in [3.8, 4) is 0 Å². The number of fused-ring (bicyclic) bond motifs is 1. The van der Waals surface area contributed by atoms with Gasteiger partial charge < -0.3 is 10.1 Å². The second kappa shape index (κ2) is 5.67. The highest BCUT2D eigenvalue weighted by Gasteiger charge is 2.02. The molecule has 0 fully saturated rings. The Balaban J connectivity index is 1.88. The number of nitrogens with one attached hydrogen (secondary N) is 1. The molecule has 3 rings (SSSR count). The van der Waals surface area contributed by atoms with Crippen LogP contribution >= 0.6 is 0 Å². The molecule has 0 aliphatic heterocycles. The van der Waals surface area contributed by atoms with Gasteiger partial charge in [-0.1, -0.05) is 42.5 Å². The number of rotatable bonds is 4. The predicted molar refractivity (Wildman–Crippen MR) is 84.2 cm³/mol. The Morgan fingerprint density at radius 2 is 1.90 bits per heavy atom. The Morgan fingerprint density at radius 1 is 1.10 bits per heavy atom. The van der Waals surface area contributed by atoms with E-state index in [0.29, 0.717) is 0 Å². The van der Waals surface area contributed by atoms with Crippen molar-refractivity contribution >= 4 is 22.9 Å². The Kier molecular flexibility index (Phi) is 3.56. The van der Waals surface area contributed by atoms with E-state index in [1.165, 1.54) is 5.56 Å². The van der Waals surface area contributed by atoms with Crippen LogP contribution in [0.3, 0.4) is 0 Å². The van der Waals surface area contributed by atoms with E-state index in [9.17, 15) is 4.79 Å². The lowest BCUT2D eigenvalue weighted by atomic mass is 10.1. The molecule has 0 bridgehead atoms. The standard InChI is InChI=1S/C18H15NO2/c20-18(21)9-7-14-6-8-15-12-16(19-17(15)11-14)10-13-4-2-1-3-5-13/h1-9,11-12,19H,10H2,(H,20,21). The number of carbonyl (C=O) groups is 1. The first-order valence-electron chi connectivity index (χ1n) is 6.77. The second-order valence-electron chi connectivity index (χ2n) is 4.98. The van der Waals surface area contributed by atoms with Crippen LogP contribution in [-0.4, -0.2) is 16.1 Å². The number of hydrogen-bond donors (Lipinski definition) is 2. The molecule has 0 saturated heterocycles. The molecule has 0 aliphatic carbocycles. The minimum Gasteiger partial charge on any atom is -0.478 e. The van der Waals surface area contributed by atoms with Gasteiger partial charge in [0.05, 0.1) is 0 Å². The quantitative estimate of drug-likeness (QED) is 0.711. The van der Waals surface area contributed by atoms with Crippen LogP contribution in [0.5, 0.6) is 0 Å². The summed E-state index contributed by atoms with van der Waals surface area (Å²) in [7, 11) is 0. The molecule has 3 nitrogen and oxygen atoms in total. The van der Waals surface area contributed by atoms with Crippen LogP contribution in [0, 0.1) is 0 Å². The van der Waals surface area contributed by atoms with Crippen molar-refractivity contribution in [3.63, 3.8) is 0 Å². The molecule has 0 saturated carbocycles. The Morgan fingerprint density at radius 3 is 2.67 bits per heavy atom. The van der Waals surface area contributed by atoms with Crippen molar-refractivity contribution in [2.75, 3.05) is 0 Å². The second-order valence-corrected chi connectivity index (χ2v) is 4.98. The van der Waals surface area contributed by atoms with Gasteiger partial charge in [0, 0.05) is 23.7 Å². The molecule has 2 aromatic carbocycles. The van der Waals surface area contributed by atoms with E-state index < -0.39 is 5.97 Å². The Hall–Kier alpha value is -2.81. The zero-order valence-electron chi connectivity index (χ0n) is 11.4. The van der Waals surface area contributed by atoms with Crippen LogP contribution < -0.4 is 0 Å². The molecule has 104 valence electrons. The van der Waals surface area contributed by atoms with E-state index in [0.717, 1.165) is 34.7 Å². The number of H-pyrrole nitrogens is 1. The number of carboxylic acids is 1. The van der Waals surface area contributed by atoms with E-state index in [2.05, 4.69) is 23.2 Å². The lowest BCUT2D eigenvalue weighted by Crippen LogP contribution is -1.86. The Labute approximate surface area is 122 Å². The zero-order chi connectivity index (χ0) is 14.7. The molecular weight excluding hydrogens is 262 g/mol. The summed E-state index contributed by atoms with van der Waals surface area (Å²) in [6, 6.07) is 18.3. The van der Waals surface area contributed by atoms with Gasteiger partial charge in [0.2, 0.25) is 0 Å². The smallest absolute Gasteiger partial charge is 0.328 e. The van der Waals surface area contributed by atoms with Gasteiger partial charge in [-0.15, -0.1) is 0 Å². The molecule has 3 aromatic rings. The summed E-state index contributed by atoms with van der Waals surface area (Å²) in [5.74, 6) is -0.939. The van der Waals surface area contributed by atoms with E-state index in [1.54, 1.807) is 6.08 Å². The summed E-state index contributed by atoms with van der Waals surface area (Å²) in [5.41, 5.74) is 4.30. The number of carboxylic acid groups (broad SMARTS) is 1. The van der Waals surface area contributed by atoms with Crippen LogP contribution in [0.25, 0.3) is 17.0 Å². The van der Waals surface area contributed by atoms with E-state index in [-0.39, 0.29) is 0 Å². The summed E-state index contributed by atoms with van der Waals surface area (Å²) >= 11 is 0. The molecular formula is C18H15NO2. The summed E-state index contributed by atoms with van der Waals surface area (Å²) in [6.07, 6.45) is 3.60. The van der Waals surface area contributed by atoms with Crippen molar-refractivity contribution in [1.29, 1.82) is 0 Å². The van der Waals surface area contributed by atoms with Gasteiger partial charge in [-0.3, -0.25) is 0 Å². The molecule has 0 unspecified atom stereocenters. The van der Waals surface area contributed by atoms with Gasteiger partial charge >= 0.3 is 5.97 Å². The van der Waals surface area contributed by atoms with E-state index in [4.69, 9.17) is 5.11 Å². The van der Waals surface area contributed by atoms with Gasteiger partial charge in [0.15, 0.2) is 0 Å². The average Bonchev–Trinajstić information content (AvgIpc) is 2.87. The van der Waals surface area contributed by atoms with E-state index >= 15 is 0 Å². The van der Waals surface area contributed by atoms with Crippen LogP contribution in [-0.2, 0) is 11.2 Å². The third kappa shape index (κ3) is 3.20. The lowest BCUT2D eigenvalue weighted by Gasteiger charge is -1.97. The maximum atomic E-state index is 10.5. The number of benzene rings is 2. The van der Waals surface area contributed by atoms with Crippen molar-refractivity contribution in [3.05, 3.63) is 77.5 Å². The lowest BCUT2D eigenvalue weighted by molar-refractivity contribution is -0.131. The topological polar surface area (TPSA) is 53.1 Å². The summed E-state index contributed by atoms with van der Waals surface area (Å²) < 4.78 is 0. The first kappa shape index (κ1) is 13.2. The minimum absolute atomic E-state index is 0.857. The van der Waals surface area contributed by atoms with Crippen molar-refractivity contribution in [2.45, 2.75) is 6.42 Å². The van der Waals surface area contributed by atoms with Crippen LogP contribution in [0.4, 0.5) is 0 Å². The third-order valence-electron chi connectivity index (χ3n) is 3.36. The summed E-state index contributed by atoms with van der Waals surface area (Å²) in [5, 5.41) is 9.79. The molecule has 0 amide bonds. The molecule has 3 heteroatoms. The highest BCUT2D eigenvalue weighted by Crippen LogP contribution is 2.20. The largest absolute Gasteiger partial charge is 0.478 e. The zero-order valence-corrected chi connectivity index (χ0v) is 11.4. The number of hydrogen-bond acceptors (Lipinski definition) is 1. The minimum atomic E-state index is -0.939. The molecule has 0 radical (unpaired) electrons. The fourth-order valence-electron chi connectivity index (χ4n) is 2.39. The van der Waals surface area contributed by atoms with Crippen molar-refractivity contribution < 1.29 is 9.90 Å². The molecule has 2 N–H and O–H groups in total. The highest BCUT2D eigenvalue weighted by atomic mass is 16.4. The Bertz CT molecular complexity index is 800. The van der Waals surface area contributed by atoms with Crippen molar-refractivity contribution in [2.24, 2.45) is 0 Å². The van der Waals surface area contributed by atoms with Crippen LogP contribution in [0.15, 0.2) is 60.7 Å². The van der Waals surface area contributed by atoms with Gasteiger partial charge in [-0.2, -0.15) is 0 Å². The molecule has 0 spiro atoms. The highest BCUT2D eigenvalue weighted by molar-refractivity contribution is 5.87. The maximum absolute atomic E-state index is 10.5. The number of aliphatic carboxylic acids is 1. The van der Waals surface area contributed by atoms with Gasteiger partial charge in [-0.05, 0) is 34.7 Å². The fourth-order valence-corrected chi connectivity index (χ4v) is 2.39.